The Kier molecular flexibility index (Phi) is 8.25. The van der Waals surface area contributed by atoms with Crippen molar-refractivity contribution in [1.29, 1.82) is 0 Å². The van der Waals surface area contributed by atoms with Crippen LogP contribution in [-0.4, -0.2) is 9.13 Å². The minimum Gasteiger partial charge on any atom is -0.308 e. The summed E-state index contributed by atoms with van der Waals surface area (Å²) in [4.78, 5) is 0. The fourth-order valence-electron chi connectivity index (χ4n) is 10.5. The Bertz CT molecular complexity index is 3660. The maximum Gasteiger partial charge on any atom is 0.0620 e. The third-order valence-corrected chi connectivity index (χ3v) is 13.2. The second-order valence-corrected chi connectivity index (χ2v) is 16.8. The first-order valence-electron chi connectivity index (χ1n) is 22.1. The van der Waals surface area contributed by atoms with Gasteiger partial charge in [-0.25, -0.2) is 0 Å². The summed E-state index contributed by atoms with van der Waals surface area (Å²) in [6, 6.07) is 89.1. The van der Waals surface area contributed by atoms with E-state index in [4.69, 9.17) is 0 Å². The van der Waals surface area contributed by atoms with Crippen molar-refractivity contribution in [2.75, 3.05) is 0 Å². The minimum atomic E-state index is 1.14. The van der Waals surface area contributed by atoms with E-state index in [9.17, 15) is 0 Å². The lowest BCUT2D eigenvalue weighted by molar-refractivity contribution is 1.14. The molecule has 2 aromatic heterocycles. The molecule has 0 aliphatic carbocycles. The van der Waals surface area contributed by atoms with Crippen LogP contribution in [0.4, 0.5) is 0 Å². The van der Waals surface area contributed by atoms with Crippen LogP contribution in [0.5, 0.6) is 0 Å². The average molecular weight is 813 g/mol. The van der Waals surface area contributed by atoms with Crippen molar-refractivity contribution in [3.05, 3.63) is 243 Å². The molecule has 0 amide bonds. The Morgan fingerprint density at radius 3 is 0.922 bits per heavy atom. The molecular weight excluding hydrogens is 773 g/mol. The Hall–Kier alpha value is -8.46. The van der Waals surface area contributed by atoms with Crippen LogP contribution in [-0.2, 0) is 0 Å². The lowest BCUT2D eigenvalue weighted by Gasteiger charge is -2.16. The van der Waals surface area contributed by atoms with Crippen molar-refractivity contribution in [2.45, 2.75) is 0 Å². The zero-order chi connectivity index (χ0) is 42.1. The van der Waals surface area contributed by atoms with Crippen LogP contribution in [0.15, 0.2) is 243 Å². The maximum atomic E-state index is 2.53. The van der Waals surface area contributed by atoms with Gasteiger partial charge in [-0.2, -0.15) is 0 Å². The predicted octanol–water partition coefficient (Wildman–Crippen LogP) is 16.9. The predicted molar refractivity (Wildman–Crippen MR) is 272 cm³/mol. The molecule has 13 aromatic rings. The van der Waals surface area contributed by atoms with Crippen LogP contribution in [0.25, 0.3) is 121 Å². The molecule has 0 N–H and O–H groups in total. The molecule has 2 nitrogen and oxygen atoms in total. The normalized spacial score (nSPS) is 11.8. The smallest absolute Gasteiger partial charge is 0.0620 e. The standard InChI is InChI=1S/C62H40N2/c1-5-19-43(20-6-1)57-55-37-33-51-52-34-38-56-58(44-21-7-2-8-22-44)60(46-25-11-4-12-26-46)64(50-32-30-42-18-14-16-28-48(42)40-50)62(56)54(52)36-35-53(51)61(55)63(59(57)45-23-9-3-10-24-45)49-31-29-41-17-13-15-27-47(41)39-49/h1-40H. The quantitative estimate of drug-likeness (QED) is 0.148. The second-order valence-electron chi connectivity index (χ2n) is 16.8. The number of hydrogen-bond acceptors (Lipinski definition) is 0. The zero-order valence-electron chi connectivity index (χ0n) is 35.0. The SMILES string of the molecule is c1ccc(-c2c(-c3ccccc3)n(-c3ccc4ccccc4c3)c3c2ccc2c4ccc5c(-c6ccccc6)c(-c6ccccc6)n(-c6ccc7ccccc7c6)c5c4ccc23)cc1. The topological polar surface area (TPSA) is 9.86 Å². The number of aromatic nitrogens is 2. The van der Waals surface area contributed by atoms with Crippen molar-refractivity contribution in [3.8, 4) is 56.1 Å². The van der Waals surface area contributed by atoms with Crippen molar-refractivity contribution in [3.63, 3.8) is 0 Å². The van der Waals surface area contributed by atoms with Gasteiger partial charge in [0, 0.05) is 44.0 Å². The molecule has 11 aromatic carbocycles. The van der Waals surface area contributed by atoms with E-state index in [2.05, 4.69) is 252 Å². The highest BCUT2D eigenvalue weighted by Crippen LogP contribution is 2.49. The van der Waals surface area contributed by atoms with Gasteiger partial charge in [-0.1, -0.05) is 218 Å². The van der Waals surface area contributed by atoms with E-state index in [1.54, 1.807) is 0 Å². The molecule has 0 saturated carbocycles. The molecule has 0 aliphatic rings. The summed E-state index contributed by atoms with van der Waals surface area (Å²) in [5.74, 6) is 0. The lowest BCUT2D eigenvalue weighted by Crippen LogP contribution is -1.99. The van der Waals surface area contributed by atoms with E-state index >= 15 is 0 Å². The monoisotopic (exact) mass is 812 g/mol. The molecule has 2 heterocycles. The third kappa shape index (κ3) is 5.59. The molecule has 0 spiro atoms. The minimum absolute atomic E-state index is 1.14. The van der Waals surface area contributed by atoms with Gasteiger partial charge in [-0.3, -0.25) is 0 Å². The first-order chi connectivity index (χ1) is 31.8. The number of nitrogens with zero attached hydrogens (tertiary/aromatic N) is 2. The highest BCUT2D eigenvalue weighted by Gasteiger charge is 2.26. The summed E-state index contributed by atoms with van der Waals surface area (Å²) in [7, 11) is 0. The summed E-state index contributed by atoms with van der Waals surface area (Å²) >= 11 is 0. The largest absolute Gasteiger partial charge is 0.308 e. The van der Waals surface area contributed by atoms with Crippen LogP contribution in [0.1, 0.15) is 0 Å². The van der Waals surface area contributed by atoms with Crippen LogP contribution in [0.2, 0.25) is 0 Å². The van der Waals surface area contributed by atoms with E-state index in [0.717, 1.165) is 11.4 Å². The van der Waals surface area contributed by atoms with Gasteiger partial charge in [0.2, 0.25) is 0 Å². The van der Waals surface area contributed by atoms with Crippen molar-refractivity contribution < 1.29 is 0 Å². The highest BCUT2D eigenvalue weighted by atomic mass is 15.0. The summed E-state index contributed by atoms with van der Waals surface area (Å²) in [5, 5.41) is 12.2. The van der Waals surface area contributed by atoms with Gasteiger partial charge in [-0.05, 0) is 78.8 Å². The molecule has 2 heteroatoms. The molecule has 0 atom stereocenters. The zero-order valence-corrected chi connectivity index (χ0v) is 35.0. The summed E-state index contributed by atoms with van der Waals surface area (Å²) in [6.07, 6.45) is 0. The van der Waals surface area contributed by atoms with Gasteiger partial charge in [0.25, 0.3) is 0 Å². The van der Waals surface area contributed by atoms with E-state index in [0.29, 0.717) is 0 Å². The Balaban J connectivity index is 1.19. The molecule has 13 rings (SSSR count). The van der Waals surface area contributed by atoms with E-state index in [1.807, 2.05) is 0 Å². The molecule has 0 aliphatic heterocycles. The molecule has 0 saturated heterocycles. The number of rotatable bonds is 6. The van der Waals surface area contributed by atoms with Crippen LogP contribution in [0, 0.1) is 0 Å². The van der Waals surface area contributed by atoms with Gasteiger partial charge in [-0.15, -0.1) is 0 Å². The molecular formula is C62H40N2. The van der Waals surface area contributed by atoms with Crippen molar-refractivity contribution in [1.82, 2.24) is 9.13 Å². The number of fused-ring (bicyclic) bond motifs is 9. The van der Waals surface area contributed by atoms with Crippen molar-refractivity contribution >= 4 is 64.9 Å². The van der Waals surface area contributed by atoms with Crippen molar-refractivity contribution in [2.24, 2.45) is 0 Å². The molecule has 0 unspecified atom stereocenters. The van der Waals surface area contributed by atoms with E-state index in [1.165, 1.54) is 110 Å². The fraction of sp³-hybridized carbons (Fsp3) is 0. The summed E-state index contributed by atoms with van der Waals surface area (Å²) < 4.78 is 5.07. The Morgan fingerprint density at radius 1 is 0.219 bits per heavy atom. The summed E-state index contributed by atoms with van der Waals surface area (Å²) in [6.45, 7) is 0. The second kappa shape index (κ2) is 14.6. The first kappa shape index (κ1) is 36.2. The highest BCUT2D eigenvalue weighted by molar-refractivity contribution is 6.26. The first-order valence-corrected chi connectivity index (χ1v) is 22.1. The van der Waals surface area contributed by atoms with Gasteiger partial charge in [0.15, 0.2) is 0 Å². The summed E-state index contributed by atoms with van der Waals surface area (Å²) in [5.41, 5.74) is 14.3. The molecule has 298 valence electrons. The van der Waals surface area contributed by atoms with Gasteiger partial charge in [0.1, 0.15) is 0 Å². The average Bonchev–Trinajstić information content (AvgIpc) is 3.92. The maximum absolute atomic E-state index is 2.53. The van der Waals surface area contributed by atoms with Gasteiger partial charge >= 0.3 is 0 Å². The molecule has 0 bridgehead atoms. The lowest BCUT2D eigenvalue weighted by atomic mass is 9.94. The number of benzene rings is 11. The van der Waals surface area contributed by atoms with Gasteiger partial charge in [0.05, 0.1) is 22.4 Å². The van der Waals surface area contributed by atoms with Gasteiger partial charge < -0.3 is 9.13 Å². The third-order valence-electron chi connectivity index (χ3n) is 13.2. The Morgan fingerprint density at radius 2 is 0.531 bits per heavy atom. The van der Waals surface area contributed by atoms with Crippen LogP contribution < -0.4 is 0 Å². The molecule has 0 radical (unpaired) electrons. The number of hydrogen-bond donors (Lipinski definition) is 0. The van der Waals surface area contributed by atoms with E-state index in [-0.39, 0.29) is 0 Å². The fourth-order valence-corrected chi connectivity index (χ4v) is 10.5. The van der Waals surface area contributed by atoms with Crippen LogP contribution in [0.3, 0.4) is 0 Å². The van der Waals surface area contributed by atoms with Crippen LogP contribution >= 0.6 is 0 Å². The van der Waals surface area contributed by atoms with E-state index < -0.39 is 0 Å². The Labute approximate surface area is 371 Å². The molecule has 0 fully saturated rings. The molecule has 64 heavy (non-hydrogen) atoms.